The summed E-state index contributed by atoms with van der Waals surface area (Å²) >= 11 is 12.3. The van der Waals surface area contributed by atoms with Gasteiger partial charge in [-0.3, -0.25) is 4.98 Å². The molecule has 1 fully saturated rings. The van der Waals surface area contributed by atoms with Gasteiger partial charge in [-0.2, -0.15) is 0 Å². The molecule has 4 rings (SSSR count). The number of rotatable bonds is 4. The Morgan fingerprint density at radius 1 is 1.10 bits per heavy atom. The molecule has 1 aromatic carbocycles. The van der Waals surface area contributed by atoms with Crippen molar-refractivity contribution >= 4 is 45.9 Å². The van der Waals surface area contributed by atoms with Crippen LogP contribution in [0.3, 0.4) is 0 Å². The normalized spacial score (nSPS) is 14.2. The molecule has 0 bridgehead atoms. The van der Waals surface area contributed by atoms with Crippen LogP contribution in [-0.2, 0) is 9.47 Å². The van der Waals surface area contributed by atoms with Crippen molar-refractivity contribution in [3.05, 3.63) is 46.3 Å². The largest absolute Gasteiger partial charge is 0.462 e. The monoisotopic (exact) mass is 432 g/mol. The van der Waals surface area contributed by atoms with Gasteiger partial charge in [-0.05, 0) is 25.1 Å². The zero-order valence-corrected chi connectivity index (χ0v) is 17.2. The van der Waals surface area contributed by atoms with Crippen LogP contribution in [0, 0.1) is 0 Å². The lowest BCUT2D eigenvalue weighted by Gasteiger charge is -2.30. The summed E-state index contributed by atoms with van der Waals surface area (Å²) in [5, 5.41) is 0.992. The van der Waals surface area contributed by atoms with Gasteiger partial charge < -0.3 is 14.4 Å². The van der Waals surface area contributed by atoms with Crippen LogP contribution in [0.15, 0.2) is 30.7 Å². The van der Waals surface area contributed by atoms with Crippen molar-refractivity contribution < 1.29 is 14.3 Å². The molecule has 0 saturated carbocycles. The summed E-state index contributed by atoms with van der Waals surface area (Å²) in [6.07, 6.45) is 2.97. The second kappa shape index (κ2) is 8.49. The molecule has 0 radical (unpaired) electrons. The number of carbonyl (C=O) groups excluding carboxylic acids is 1. The number of fused-ring (bicyclic) bond motifs is 1. The highest BCUT2D eigenvalue weighted by molar-refractivity contribution is 6.35. The molecule has 9 heteroatoms. The fraction of sp³-hybridized carbons (Fsp3) is 0.300. The molecule has 1 aliphatic heterocycles. The number of carbonyl (C=O) groups is 1. The molecule has 1 aliphatic rings. The summed E-state index contributed by atoms with van der Waals surface area (Å²) in [6, 6.07) is 5.19. The summed E-state index contributed by atoms with van der Waals surface area (Å²) in [6.45, 7) is 4.43. The molecule has 1 saturated heterocycles. The number of nitrogens with zero attached hydrogens (tertiary/aromatic N) is 4. The van der Waals surface area contributed by atoms with Crippen LogP contribution in [0.25, 0.3) is 22.3 Å². The first-order chi connectivity index (χ1) is 14.1. The van der Waals surface area contributed by atoms with Gasteiger partial charge in [0.2, 0.25) is 0 Å². The lowest BCUT2D eigenvalue weighted by molar-refractivity contribution is 0.0526. The number of hydrogen-bond acceptors (Lipinski definition) is 7. The third kappa shape index (κ3) is 3.99. The average molecular weight is 433 g/mol. The van der Waals surface area contributed by atoms with Gasteiger partial charge in [-0.1, -0.05) is 23.2 Å². The van der Waals surface area contributed by atoms with Gasteiger partial charge in [0.1, 0.15) is 28.6 Å². The Balaban J connectivity index is 1.95. The van der Waals surface area contributed by atoms with Crippen molar-refractivity contribution in [3.63, 3.8) is 0 Å². The van der Waals surface area contributed by atoms with Gasteiger partial charge >= 0.3 is 5.97 Å². The average Bonchev–Trinajstić information content (AvgIpc) is 2.72. The van der Waals surface area contributed by atoms with E-state index in [-0.39, 0.29) is 6.61 Å². The Kier molecular flexibility index (Phi) is 5.80. The van der Waals surface area contributed by atoms with Gasteiger partial charge in [-0.25, -0.2) is 14.8 Å². The van der Waals surface area contributed by atoms with Crippen molar-refractivity contribution in [1.29, 1.82) is 0 Å². The SMILES string of the molecule is CCOC(=O)c1cnc2c(-c3cc(Cl)cc(Cl)c3)ncnc2c1N1CCOCC1. The Labute approximate surface area is 177 Å². The quantitative estimate of drug-likeness (QED) is 0.576. The highest BCUT2D eigenvalue weighted by atomic mass is 35.5. The van der Waals surface area contributed by atoms with Gasteiger partial charge in [0.15, 0.2) is 0 Å². The maximum Gasteiger partial charge on any atom is 0.341 e. The van der Waals surface area contributed by atoms with E-state index in [4.69, 9.17) is 32.7 Å². The Morgan fingerprint density at radius 2 is 1.83 bits per heavy atom. The second-order valence-electron chi connectivity index (χ2n) is 6.42. The fourth-order valence-electron chi connectivity index (χ4n) is 3.36. The van der Waals surface area contributed by atoms with E-state index >= 15 is 0 Å². The highest BCUT2D eigenvalue weighted by Gasteiger charge is 2.25. The molecule has 0 aliphatic carbocycles. The molecule has 0 spiro atoms. The molecule has 29 heavy (non-hydrogen) atoms. The zero-order valence-electron chi connectivity index (χ0n) is 15.7. The van der Waals surface area contributed by atoms with E-state index in [9.17, 15) is 4.79 Å². The van der Waals surface area contributed by atoms with Crippen LogP contribution in [0.1, 0.15) is 17.3 Å². The number of ether oxygens (including phenoxy) is 2. The minimum atomic E-state index is -0.436. The van der Waals surface area contributed by atoms with Gasteiger partial charge in [0, 0.05) is 34.9 Å². The molecule has 0 atom stereocenters. The Bertz CT molecular complexity index is 1050. The molecular formula is C20H18Cl2N4O3. The number of hydrogen-bond donors (Lipinski definition) is 0. The lowest BCUT2D eigenvalue weighted by Crippen LogP contribution is -2.37. The van der Waals surface area contributed by atoms with E-state index in [0.29, 0.717) is 64.3 Å². The summed E-state index contributed by atoms with van der Waals surface area (Å²) in [5.74, 6) is -0.436. The summed E-state index contributed by atoms with van der Waals surface area (Å²) in [5.41, 5.74) is 3.48. The third-order valence-corrected chi connectivity index (χ3v) is 5.02. The van der Waals surface area contributed by atoms with Crippen LogP contribution in [0.4, 0.5) is 5.69 Å². The Hall–Kier alpha value is -2.48. The maximum absolute atomic E-state index is 12.6. The molecule has 3 aromatic rings. The number of aromatic nitrogens is 3. The molecule has 0 unspecified atom stereocenters. The number of morpholine rings is 1. The van der Waals surface area contributed by atoms with E-state index in [0.717, 1.165) is 5.56 Å². The molecular weight excluding hydrogens is 415 g/mol. The van der Waals surface area contributed by atoms with E-state index in [2.05, 4.69) is 19.9 Å². The van der Waals surface area contributed by atoms with E-state index in [1.165, 1.54) is 12.5 Å². The van der Waals surface area contributed by atoms with Crippen LogP contribution >= 0.6 is 23.2 Å². The van der Waals surface area contributed by atoms with E-state index in [1.807, 2.05) is 0 Å². The van der Waals surface area contributed by atoms with E-state index < -0.39 is 5.97 Å². The predicted octanol–water partition coefficient (Wildman–Crippen LogP) is 4.01. The molecule has 3 heterocycles. The van der Waals surface area contributed by atoms with Crippen LogP contribution in [0.5, 0.6) is 0 Å². The van der Waals surface area contributed by atoms with Gasteiger partial charge in [-0.15, -0.1) is 0 Å². The van der Waals surface area contributed by atoms with Gasteiger partial charge in [0.25, 0.3) is 0 Å². The van der Waals surface area contributed by atoms with E-state index in [1.54, 1.807) is 25.1 Å². The standard InChI is InChI=1S/C20H18Cl2N4O3/c1-2-29-20(27)15-10-23-17-16(12-7-13(21)9-14(22)8-12)24-11-25-18(17)19(15)26-3-5-28-6-4-26/h7-11H,2-6H2,1H3. The number of halogens is 2. The number of pyridine rings is 1. The number of benzene rings is 1. The Morgan fingerprint density at radius 3 is 2.52 bits per heavy atom. The summed E-state index contributed by atoms with van der Waals surface area (Å²) in [7, 11) is 0. The van der Waals surface area contributed by atoms with Crippen LogP contribution in [-0.4, -0.2) is 53.8 Å². The van der Waals surface area contributed by atoms with Crippen molar-refractivity contribution in [3.8, 4) is 11.3 Å². The first-order valence-electron chi connectivity index (χ1n) is 9.18. The fourth-order valence-corrected chi connectivity index (χ4v) is 3.89. The zero-order chi connectivity index (χ0) is 20.4. The summed E-state index contributed by atoms with van der Waals surface area (Å²) < 4.78 is 10.7. The molecule has 0 N–H and O–H groups in total. The minimum absolute atomic E-state index is 0.273. The predicted molar refractivity (Wildman–Crippen MR) is 112 cm³/mol. The topological polar surface area (TPSA) is 77.4 Å². The molecule has 2 aromatic heterocycles. The first-order valence-corrected chi connectivity index (χ1v) is 9.94. The molecule has 0 amide bonds. The van der Waals surface area contributed by atoms with Crippen LogP contribution < -0.4 is 4.90 Å². The van der Waals surface area contributed by atoms with Gasteiger partial charge in [0.05, 0.1) is 25.5 Å². The van der Waals surface area contributed by atoms with Crippen LogP contribution in [0.2, 0.25) is 10.0 Å². The highest BCUT2D eigenvalue weighted by Crippen LogP contribution is 2.35. The first kappa shape index (κ1) is 19.8. The number of esters is 1. The van der Waals surface area contributed by atoms with Crippen molar-refractivity contribution in [2.45, 2.75) is 6.92 Å². The van der Waals surface area contributed by atoms with Crippen molar-refractivity contribution in [1.82, 2.24) is 15.0 Å². The number of anilines is 1. The molecule has 7 nitrogen and oxygen atoms in total. The van der Waals surface area contributed by atoms with Crippen molar-refractivity contribution in [2.75, 3.05) is 37.8 Å². The van der Waals surface area contributed by atoms with Crippen molar-refractivity contribution in [2.24, 2.45) is 0 Å². The maximum atomic E-state index is 12.6. The minimum Gasteiger partial charge on any atom is -0.462 e. The summed E-state index contributed by atoms with van der Waals surface area (Å²) in [4.78, 5) is 28.0. The third-order valence-electron chi connectivity index (χ3n) is 4.58. The second-order valence-corrected chi connectivity index (χ2v) is 7.29. The smallest absolute Gasteiger partial charge is 0.341 e. The lowest BCUT2D eigenvalue weighted by atomic mass is 10.1. The molecule has 150 valence electrons.